The number of rotatable bonds is 3. The number of hydrogen-bond donors (Lipinski definition) is 0. The number of hydrogen-bond acceptors (Lipinski definition) is 1. The number of allylic oxidation sites excluding steroid dienone is 1. The van der Waals surface area contributed by atoms with Gasteiger partial charge in [-0.3, -0.25) is 4.79 Å². The average molecular weight is 167 g/mol. The molecule has 1 heterocycles. The van der Waals surface area contributed by atoms with Gasteiger partial charge in [0.1, 0.15) is 0 Å². The van der Waals surface area contributed by atoms with Gasteiger partial charge < -0.3 is 4.90 Å². The van der Waals surface area contributed by atoms with E-state index in [-0.39, 0.29) is 5.91 Å². The molecule has 0 atom stereocenters. The molecular weight excluding hydrogens is 150 g/mol. The van der Waals surface area contributed by atoms with Crippen molar-refractivity contribution in [2.24, 2.45) is 0 Å². The van der Waals surface area contributed by atoms with Gasteiger partial charge in [-0.1, -0.05) is 19.4 Å². The minimum atomic E-state index is 0.258. The fraction of sp³-hybridized carbons (Fsp3) is 0.700. The van der Waals surface area contributed by atoms with Crippen molar-refractivity contribution >= 4 is 5.91 Å². The Hall–Kier alpha value is -0.790. The zero-order valence-corrected chi connectivity index (χ0v) is 8.13. The van der Waals surface area contributed by atoms with E-state index in [1.165, 1.54) is 5.70 Å². The molecule has 1 rings (SSSR count). The molecule has 0 unspecified atom stereocenters. The SMILES string of the molecule is CCCC1=CCC(=O)N1C(C)C. The third-order valence-electron chi connectivity index (χ3n) is 2.11. The van der Waals surface area contributed by atoms with Crippen molar-refractivity contribution in [3.8, 4) is 0 Å². The lowest BCUT2D eigenvalue weighted by molar-refractivity contribution is -0.128. The van der Waals surface area contributed by atoms with Crippen molar-refractivity contribution in [3.63, 3.8) is 0 Å². The molecule has 0 saturated heterocycles. The predicted molar refractivity (Wildman–Crippen MR) is 49.6 cm³/mol. The van der Waals surface area contributed by atoms with Crippen LogP contribution in [0.25, 0.3) is 0 Å². The van der Waals surface area contributed by atoms with E-state index in [1.54, 1.807) is 0 Å². The molecule has 1 aliphatic heterocycles. The van der Waals surface area contributed by atoms with Gasteiger partial charge in [0, 0.05) is 18.2 Å². The quantitative estimate of drug-likeness (QED) is 0.631. The van der Waals surface area contributed by atoms with E-state index in [9.17, 15) is 4.79 Å². The highest BCUT2D eigenvalue weighted by Gasteiger charge is 2.24. The summed E-state index contributed by atoms with van der Waals surface area (Å²) in [5.41, 5.74) is 1.22. The normalized spacial score (nSPS) is 17.5. The lowest BCUT2D eigenvalue weighted by Crippen LogP contribution is -2.31. The smallest absolute Gasteiger partial charge is 0.230 e. The summed E-state index contributed by atoms with van der Waals surface area (Å²) < 4.78 is 0. The molecule has 0 spiro atoms. The Balaban J connectivity index is 2.67. The first-order valence-electron chi connectivity index (χ1n) is 4.68. The first kappa shape index (κ1) is 9.30. The molecule has 1 aliphatic rings. The van der Waals surface area contributed by atoms with Crippen molar-refractivity contribution in [2.75, 3.05) is 0 Å². The summed E-state index contributed by atoms with van der Waals surface area (Å²) in [6.07, 6.45) is 4.81. The van der Waals surface area contributed by atoms with Gasteiger partial charge in [0.2, 0.25) is 5.91 Å². The van der Waals surface area contributed by atoms with Gasteiger partial charge >= 0.3 is 0 Å². The number of nitrogens with zero attached hydrogens (tertiary/aromatic N) is 1. The molecule has 0 aliphatic carbocycles. The van der Waals surface area contributed by atoms with E-state index in [1.807, 2.05) is 4.90 Å². The molecule has 68 valence electrons. The van der Waals surface area contributed by atoms with Crippen molar-refractivity contribution in [1.29, 1.82) is 0 Å². The summed E-state index contributed by atoms with van der Waals surface area (Å²) in [5, 5.41) is 0. The van der Waals surface area contributed by atoms with E-state index >= 15 is 0 Å². The molecule has 0 aromatic heterocycles. The Morgan fingerprint density at radius 3 is 2.75 bits per heavy atom. The van der Waals surface area contributed by atoms with Crippen LogP contribution in [-0.4, -0.2) is 16.8 Å². The summed E-state index contributed by atoms with van der Waals surface area (Å²) in [7, 11) is 0. The number of carbonyl (C=O) groups excluding carboxylic acids is 1. The van der Waals surface area contributed by atoms with Crippen LogP contribution in [0, 0.1) is 0 Å². The third kappa shape index (κ3) is 1.68. The molecule has 12 heavy (non-hydrogen) atoms. The molecule has 0 radical (unpaired) electrons. The fourth-order valence-electron chi connectivity index (χ4n) is 1.66. The second kappa shape index (κ2) is 3.74. The predicted octanol–water partition coefficient (Wildman–Crippen LogP) is 2.31. The molecule has 2 heteroatoms. The average Bonchev–Trinajstić information content (AvgIpc) is 2.32. The van der Waals surface area contributed by atoms with Crippen LogP contribution in [0.4, 0.5) is 0 Å². The zero-order valence-electron chi connectivity index (χ0n) is 8.13. The minimum absolute atomic E-state index is 0.258. The van der Waals surface area contributed by atoms with Gasteiger partial charge in [0.05, 0.1) is 0 Å². The van der Waals surface area contributed by atoms with Gasteiger partial charge in [-0.05, 0) is 20.3 Å². The van der Waals surface area contributed by atoms with Crippen molar-refractivity contribution in [1.82, 2.24) is 4.90 Å². The van der Waals surface area contributed by atoms with Crippen LogP contribution in [-0.2, 0) is 4.79 Å². The van der Waals surface area contributed by atoms with Crippen LogP contribution >= 0.6 is 0 Å². The molecule has 0 saturated carbocycles. The van der Waals surface area contributed by atoms with E-state index in [4.69, 9.17) is 0 Å². The van der Waals surface area contributed by atoms with E-state index in [2.05, 4.69) is 26.8 Å². The maximum atomic E-state index is 11.4. The first-order chi connectivity index (χ1) is 5.66. The number of carbonyl (C=O) groups is 1. The van der Waals surface area contributed by atoms with Crippen LogP contribution in [0.3, 0.4) is 0 Å². The Morgan fingerprint density at radius 1 is 1.58 bits per heavy atom. The second-order valence-electron chi connectivity index (χ2n) is 3.51. The standard InChI is InChI=1S/C10H17NO/c1-4-5-9-6-7-10(12)11(9)8(2)3/h6,8H,4-5,7H2,1-3H3. The van der Waals surface area contributed by atoms with Crippen LogP contribution in [0.5, 0.6) is 0 Å². The highest BCUT2D eigenvalue weighted by molar-refractivity contribution is 5.82. The van der Waals surface area contributed by atoms with Gasteiger partial charge in [0.15, 0.2) is 0 Å². The first-order valence-corrected chi connectivity index (χ1v) is 4.68. The summed E-state index contributed by atoms with van der Waals surface area (Å²) in [4.78, 5) is 13.3. The fourth-order valence-corrected chi connectivity index (χ4v) is 1.66. The topological polar surface area (TPSA) is 20.3 Å². The highest BCUT2D eigenvalue weighted by Crippen LogP contribution is 2.22. The van der Waals surface area contributed by atoms with Crippen LogP contribution < -0.4 is 0 Å². The van der Waals surface area contributed by atoms with Crippen LogP contribution in [0.15, 0.2) is 11.8 Å². The van der Waals surface area contributed by atoms with Crippen molar-refractivity contribution < 1.29 is 4.79 Å². The molecule has 0 N–H and O–H groups in total. The van der Waals surface area contributed by atoms with E-state index in [0.717, 1.165) is 12.8 Å². The maximum absolute atomic E-state index is 11.4. The Kier molecular flexibility index (Phi) is 2.90. The number of amides is 1. The molecule has 0 aromatic carbocycles. The largest absolute Gasteiger partial charge is 0.314 e. The third-order valence-corrected chi connectivity index (χ3v) is 2.11. The summed E-state index contributed by atoms with van der Waals surface area (Å²) >= 11 is 0. The van der Waals surface area contributed by atoms with E-state index in [0.29, 0.717) is 12.5 Å². The molecule has 0 fully saturated rings. The van der Waals surface area contributed by atoms with E-state index < -0.39 is 0 Å². The van der Waals surface area contributed by atoms with Crippen LogP contribution in [0.1, 0.15) is 40.0 Å². The minimum Gasteiger partial charge on any atom is -0.314 e. The van der Waals surface area contributed by atoms with Gasteiger partial charge in [-0.2, -0.15) is 0 Å². The maximum Gasteiger partial charge on any atom is 0.230 e. The Labute approximate surface area is 74.2 Å². The molecule has 0 bridgehead atoms. The zero-order chi connectivity index (χ0) is 9.14. The molecule has 0 aromatic rings. The van der Waals surface area contributed by atoms with Gasteiger partial charge in [0.25, 0.3) is 0 Å². The van der Waals surface area contributed by atoms with Crippen molar-refractivity contribution in [3.05, 3.63) is 11.8 Å². The Morgan fingerprint density at radius 2 is 2.25 bits per heavy atom. The summed E-state index contributed by atoms with van der Waals surface area (Å²) in [6, 6.07) is 0.317. The van der Waals surface area contributed by atoms with Crippen molar-refractivity contribution in [2.45, 2.75) is 46.1 Å². The lowest BCUT2D eigenvalue weighted by atomic mass is 10.2. The summed E-state index contributed by atoms with van der Waals surface area (Å²) in [6.45, 7) is 6.27. The molecule has 2 nitrogen and oxygen atoms in total. The monoisotopic (exact) mass is 167 g/mol. The highest BCUT2D eigenvalue weighted by atomic mass is 16.2. The second-order valence-corrected chi connectivity index (χ2v) is 3.51. The molecular formula is C10H17NO. The lowest BCUT2D eigenvalue weighted by Gasteiger charge is -2.24. The van der Waals surface area contributed by atoms with Gasteiger partial charge in [-0.25, -0.2) is 0 Å². The molecule has 1 amide bonds. The van der Waals surface area contributed by atoms with Gasteiger partial charge in [-0.15, -0.1) is 0 Å². The Bertz CT molecular complexity index is 206. The van der Waals surface area contributed by atoms with Crippen LogP contribution in [0.2, 0.25) is 0 Å². The summed E-state index contributed by atoms with van der Waals surface area (Å²) in [5.74, 6) is 0.258.